The molecule has 2 saturated heterocycles. The van der Waals surface area contributed by atoms with Crippen molar-refractivity contribution >= 4 is 11.9 Å². The van der Waals surface area contributed by atoms with E-state index in [4.69, 9.17) is 0 Å². The van der Waals surface area contributed by atoms with Gasteiger partial charge in [-0.15, -0.1) is 0 Å². The van der Waals surface area contributed by atoms with Crippen LogP contribution in [0.4, 0.5) is 4.79 Å². The molecule has 5 heteroatoms. The second kappa shape index (κ2) is 6.79. The number of amides is 3. The number of hydrogen-bond donors (Lipinski definition) is 1. The summed E-state index contributed by atoms with van der Waals surface area (Å²) in [4.78, 5) is 28.7. The van der Waals surface area contributed by atoms with Crippen LogP contribution in [0.1, 0.15) is 44.1 Å². The highest BCUT2D eigenvalue weighted by molar-refractivity contribution is 6.07. The van der Waals surface area contributed by atoms with E-state index in [0.29, 0.717) is 12.6 Å². The zero-order valence-electron chi connectivity index (χ0n) is 14.7. The van der Waals surface area contributed by atoms with Crippen LogP contribution in [-0.4, -0.2) is 47.0 Å². The Kier molecular flexibility index (Phi) is 4.50. The van der Waals surface area contributed by atoms with Crippen LogP contribution >= 0.6 is 0 Å². The van der Waals surface area contributed by atoms with Gasteiger partial charge in [-0.05, 0) is 43.6 Å². The topological polar surface area (TPSA) is 52.7 Å². The fraction of sp³-hybridized carbons (Fsp3) is 0.600. The van der Waals surface area contributed by atoms with Crippen LogP contribution in [0.15, 0.2) is 30.3 Å². The van der Waals surface area contributed by atoms with Crippen LogP contribution in [0.5, 0.6) is 0 Å². The predicted molar refractivity (Wildman–Crippen MR) is 95.9 cm³/mol. The molecule has 1 spiro atoms. The third kappa shape index (κ3) is 3.30. The van der Waals surface area contributed by atoms with Crippen LogP contribution in [0, 0.1) is 5.92 Å². The van der Waals surface area contributed by atoms with Crippen molar-refractivity contribution in [2.45, 2.75) is 50.5 Å². The zero-order chi connectivity index (χ0) is 17.3. The Morgan fingerprint density at radius 3 is 2.40 bits per heavy atom. The van der Waals surface area contributed by atoms with Crippen molar-refractivity contribution in [1.29, 1.82) is 0 Å². The minimum Gasteiger partial charge on any atom is -0.323 e. The SMILES string of the molecule is O=C1NC2(CCCC2)C(=O)N1CN1CCC(Cc2ccccc2)CC1. The van der Waals surface area contributed by atoms with Gasteiger partial charge in [0.1, 0.15) is 5.54 Å². The van der Waals surface area contributed by atoms with E-state index in [1.165, 1.54) is 10.5 Å². The summed E-state index contributed by atoms with van der Waals surface area (Å²) in [6.07, 6.45) is 7.05. The quantitative estimate of drug-likeness (QED) is 0.857. The first kappa shape index (κ1) is 16.6. The summed E-state index contributed by atoms with van der Waals surface area (Å²) in [6.45, 7) is 2.37. The monoisotopic (exact) mass is 341 g/mol. The van der Waals surface area contributed by atoms with Gasteiger partial charge in [0.15, 0.2) is 0 Å². The Balaban J connectivity index is 1.30. The number of piperidine rings is 1. The first-order valence-electron chi connectivity index (χ1n) is 9.57. The van der Waals surface area contributed by atoms with Gasteiger partial charge in [0, 0.05) is 13.1 Å². The Hall–Kier alpha value is -1.88. The molecule has 4 rings (SSSR count). The van der Waals surface area contributed by atoms with Crippen molar-refractivity contribution in [3.05, 3.63) is 35.9 Å². The Bertz CT molecular complexity index is 632. The summed E-state index contributed by atoms with van der Waals surface area (Å²) >= 11 is 0. The molecule has 1 aliphatic carbocycles. The number of hydrogen-bond acceptors (Lipinski definition) is 3. The third-order valence-corrected chi connectivity index (χ3v) is 6.12. The Labute approximate surface area is 149 Å². The van der Waals surface area contributed by atoms with Gasteiger partial charge in [-0.2, -0.15) is 0 Å². The lowest BCUT2D eigenvalue weighted by molar-refractivity contribution is -0.132. The van der Waals surface area contributed by atoms with Crippen LogP contribution in [0.2, 0.25) is 0 Å². The van der Waals surface area contributed by atoms with E-state index in [2.05, 4.69) is 40.5 Å². The van der Waals surface area contributed by atoms with Crippen LogP contribution in [0.25, 0.3) is 0 Å². The van der Waals surface area contributed by atoms with E-state index >= 15 is 0 Å². The van der Waals surface area contributed by atoms with E-state index in [0.717, 1.165) is 58.0 Å². The first-order chi connectivity index (χ1) is 12.2. The maximum Gasteiger partial charge on any atom is 0.326 e. The number of carbonyl (C=O) groups excluding carboxylic acids is 2. The maximum absolute atomic E-state index is 12.7. The maximum atomic E-state index is 12.7. The molecule has 0 atom stereocenters. The normalized spacial score (nSPS) is 24.2. The molecule has 25 heavy (non-hydrogen) atoms. The standard InChI is InChI=1S/C20H27N3O2/c24-18-20(10-4-5-11-20)21-19(25)23(18)15-22-12-8-17(9-13-22)14-16-6-2-1-3-7-16/h1-3,6-7,17H,4-5,8-15H2,(H,21,25). The molecule has 3 fully saturated rings. The summed E-state index contributed by atoms with van der Waals surface area (Å²) in [5, 5.41) is 2.97. The number of imide groups is 1. The van der Waals surface area contributed by atoms with Crippen molar-refractivity contribution in [3.63, 3.8) is 0 Å². The van der Waals surface area contributed by atoms with E-state index in [-0.39, 0.29) is 11.9 Å². The lowest BCUT2D eigenvalue weighted by Gasteiger charge is -2.34. The molecule has 2 aliphatic heterocycles. The van der Waals surface area contributed by atoms with Crippen LogP contribution in [-0.2, 0) is 11.2 Å². The van der Waals surface area contributed by atoms with Gasteiger partial charge in [-0.3, -0.25) is 9.69 Å². The molecule has 134 valence electrons. The lowest BCUT2D eigenvalue weighted by atomic mass is 9.90. The minimum atomic E-state index is -0.581. The molecule has 5 nitrogen and oxygen atoms in total. The molecule has 1 aromatic rings. The number of urea groups is 1. The van der Waals surface area contributed by atoms with Crippen molar-refractivity contribution in [2.75, 3.05) is 19.8 Å². The average Bonchev–Trinajstić information content (AvgIpc) is 3.18. The van der Waals surface area contributed by atoms with Gasteiger partial charge in [0.25, 0.3) is 5.91 Å². The summed E-state index contributed by atoms with van der Waals surface area (Å²) in [6, 6.07) is 10.4. The van der Waals surface area contributed by atoms with Crippen LogP contribution in [0.3, 0.4) is 0 Å². The number of nitrogens with one attached hydrogen (secondary N) is 1. The molecule has 0 aromatic heterocycles. The summed E-state index contributed by atoms with van der Waals surface area (Å²) in [7, 11) is 0. The molecule has 1 aromatic carbocycles. The molecule has 3 aliphatic rings. The minimum absolute atomic E-state index is 0.00130. The van der Waals surface area contributed by atoms with Gasteiger partial charge in [-0.1, -0.05) is 43.2 Å². The zero-order valence-corrected chi connectivity index (χ0v) is 14.7. The second-order valence-corrected chi connectivity index (χ2v) is 7.85. The molecule has 0 bridgehead atoms. The molecule has 0 radical (unpaired) electrons. The highest BCUT2D eigenvalue weighted by atomic mass is 16.2. The summed E-state index contributed by atoms with van der Waals surface area (Å²) in [5.74, 6) is 0.698. The molecular weight excluding hydrogens is 314 g/mol. The van der Waals surface area contributed by atoms with E-state index in [9.17, 15) is 9.59 Å². The molecular formula is C20H27N3O2. The second-order valence-electron chi connectivity index (χ2n) is 7.85. The van der Waals surface area contributed by atoms with Gasteiger partial charge < -0.3 is 5.32 Å². The van der Waals surface area contributed by atoms with Crippen molar-refractivity contribution < 1.29 is 9.59 Å². The summed E-state index contributed by atoms with van der Waals surface area (Å²) < 4.78 is 0. The Morgan fingerprint density at radius 2 is 1.72 bits per heavy atom. The number of rotatable bonds is 4. The Morgan fingerprint density at radius 1 is 1.04 bits per heavy atom. The first-order valence-corrected chi connectivity index (χ1v) is 9.57. The van der Waals surface area contributed by atoms with Gasteiger partial charge in [-0.25, -0.2) is 9.69 Å². The fourth-order valence-corrected chi connectivity index (χ4v) is 4.60. The highest BCUT2D eigenvalue weighted by Crippen LogP contribution is 2.35. The van der Waals surface area contributed by atoms with Crippen molar-refractivity contribution in [3.8, 4) is 0 Å². The fourth-order valence-electron chi connectivity index (χ4n) is 4.60. The van der Waals surface area contributed by atoms with E-state index < -0.39 is 5.54 Å². The number of likely N-dealkylation sites (tertiary alicyclic amines) is 1. The molecule has 1 N–H and O–H groups in total. The molecule has 1 saturated carbocycles. The molecule has 3 amide bonds. The van der Waals surface area contributed by atoms with Crippen LogP contribution < -0.4 is 5.32 Å². The van der Waals surface area contributed by atoms with E-state index in [1.807, 2.05) is 0 Å². The average molecular weight is 341 g/mol. The number of nitrogens with zero attached hydrogens (tertiary/aromatic N) is 2. The number of carbonyl (C=O) groups is 2. The third-order valence-electron chi connectivity index (χ3n) is 6.12. The van der Waals surface area contributed by atoms with Gasteiger partial charge in [0.2, 0.25) is 0 Å². The lowest BCUT2D eigenvalue weighted by Crippen LogP contribution is -2.47. The highest BCUT2D eigenvalue weighted by Gasteiger charge is 2.52. The molecule has 0 unspecified atom stereocenters. The molecule has 2 heterocycles. The van der Waals surface area contributed by atoms with Crippen molar-refractivity contribution in [2.24, 2.45) is 5.92 Å². The smallest absolute Gasteiger partial charge is 0.323 e. The predicted octanol–water partition coefficient (Wildman–Crippen LogP) is 2.76. The van der Waals surface area contributed by atoms with E-state index in [1.54, 1.807) is 0 Å². The van der Waals surface area contributed by atoms with Gasteiger partial charge in [0.05, 0.1) is 6.67 Å². The van der Waals surface area contributed by atoms with Gasteiger partial charge >= 0.3 is 6.03 Å². The largest absolute Gasteiger partial charge is 0.326 e. The summed E-state index contributed by atoms with van der Waals surface area (Å²) in [5.41, 5.74) is 0.820. The number of benzene rings is 1. The van der Waals surface area contributed by atoms with Crippen molar-refractivity contribution in [1.82, 2.24) is 15.1 Å².